The summed E-state index contributed by atoms with van der Waals surface area (Å²) in [7, 11) is 0. The van der Waals surface area contributed by atoms with Crippen molar-refractivity contribution in [3.05, 3.63) is 21.9 Å². The Kier molecular flexibility index (Phi) is 5.44. The van der Waals surface area contributed by atoms with Gasteiger partial charge in [0.1, 0.15) is 18.0 Å². The Hall–Kier alpha value is -1.74. The number of carbonyl (C=O) groups is 1. The molecule has 0 atom stereocenters. The monoisotopic (exact) mass is 415 g/mol. The molecule has 0 aromatic carbocycles. The minimum atomic E-state index is -3.34. The van der Waals surface area contributed by atoms with E-state index in [4.69, 9.17) is 14.9 Å². The number of halogens is 2. The van der Waals surface area contributed by atoms with Crippen LogP contribution in [0.5, 0.6) is 0 Å². The lowest BCUT2D eigenvalue weighted by molar-refractivity contribution is -0.330. The van der Waals surface area contributed by atoms with Crippen LogP contribution in [0.1, 0.15) is 43.4 Å². The van der Waals surface area contributed by atoms with E-state index < -0.39 is 29.9 Å². The van der Waals surface area contributed by atoms with Crippen molar-refractivity contribution < 1.29 is 23.0 Å². The first-order valence-electron chi connectivity index (χ1n) is 9.34. The number of nitrogens with zero attached hydrogens (tertiary/aromatic N) is 2. The fourth-order valence-corrected chi connectivity index (χ4v) is 4.41. The van der Waals surface area contributed by atoms with Crippen LogP contribution in [0.3, 0.4) is 0 Å². The summed E-state index contributed by atoms with van der Waals surface area (Å²) in [6.07, 6.45) is -3.24. The summed E-state index contributed by atoms with van der Waals surface area (Å²) in [4.78, 5) is 16.9. The van der Waals surface area contributed by atoms with Crippen LogP contribution in [0.15, 0.2) is 12.1 Å². The molecule has 2 fully saturated rings. The molecule has 1 aromatic rings. The van der Waals surface area contributed by atoms with Gasteiger partial charge < -0.3 is 19.3 Å². The highest BCUT2D eigenvalue weighted by Gasteiger charge is 2.52. The highest BCUT2D eigenvalue weighted by molar-refractivity contribution is 7.14. The molecule has 3 heterocycles. The van der Waals surface area contributed by atoms with E-state index in [0.717, 1.165) is 4.88 Å². The Morgan fingerprint density at radius 1 is 1.21 bits per heavy atom. The average molecular weight is 416 g/mol. The number of ether oxygens (including phenoxy) is 2. The summed E-state index contributed by atoms with van der Waals surface area (Å²) in [6, 6.07) is 3.66. The molecule has 1 amide bonds. The number of amides is 1. The van der Waals surface area contributed by atoms with Gasteiger partial charge >= 0.3 is 12.2 Å². The van der Waals surface area contributed by atoms with Gasteiger partial charge in [0.05, 0.1) is 10.5 Å². The number of morpholine rings is 1. The molecule has 0 radical (unpaired) electrons. The standard InChI is InChI=1S/C19H27F2N3O3S/c1-13-5-6-14(28-13)15(22)24-11-18(27-19(20,21)12-24)7-9-23(10-8-18)16(25)26-17(2,3)4/h5-6,22H,7-12H2,1-4H3. The van der Waals surface area contributed by atoms with Crippen LogP contribution in [-0.4, -0.2) is 65.2 Å². The highest BCUT2D eigenvalue weighted by atomic mass is 32.1. The van der Waals surface area contributed by atoms with Crippen molar-refractivity contribution in [1.82, 2.24) is 9.80 Å². The molecule has 28 heavy (non-hydrogen) atoms. The number of piperidine rings is 1. The van der Waals surface area contributed by atoms with Gasteiger partial charge in [-0.05, 0) is 52.7 Å². The zero-order valence-electron chi connectivity index (χ0n) is 16.7. The largest absolute Gasteiger partial charge is 0.444 e. The van der Waals surface area contributed by atoms with Crippen LogP contribution in [0.2, 0.25) is 0 Å². The van der Waals surface area contributed by atoms with Gasteiger partial charge in [-0.1, -0.05) is 0 Å². The van der Waals surface area contributed by atoms with Crippen LogP contribution in [0, 0.1) is 12.3 Å². The fraction of sp³-hybridized carbons (Fsp3) is 0.684. The van der Waals surface area contributed by atoms with Gasteiger partial charge in [0.15, 0.2) is 0 Å². The van der Waals surface area contributed by atoms with Crippen LogP contribution >= 0.6 is 11.3 Å². The molecule has 3 rings (SSSR count). The molecule has 0 bridgehead atoms. The van der Waals surface area contributed by atoms with Crippen LogP contribution in [-0.2, 0) is 9.47 Å². The van der Waals surface area contributed by atoms with Crippen molar-refractivity contribution in [3.8, 4) is 0 Å². The number of alkyl halides is 2. The van der Waals surface area contributed by atoms with Crippen LogP contribution in [0.25, 0.3) is 0 Å². The maximum absolute atomic E-state index is 14.4. The van der Waals surface area contributed by atoms with Crippen molar-refractivity contribution in [3.63, 3.8) is 0 Å². The summed E-state index contributed by atoms with van der Waals surface area (Å²) in [5.41, 5.74) is -1.69. The van der Waals surface area contributed by atoms with E-state index in [1.54, 1.807) is 26.8 Å². The molecule has 9 heteroatoms. The number of rotatable bonds is 1. The van der Waals surface area contributed by atoms with Crippen LogP contribution < -0.4 is 0 Å². The van der Waals surface area contributed by atoms with Gasteiger partial charge in [-0.2, -0.15) is 8.78 Å². The third-order valence-electron chi connectivity index (χ3n) is 4.84. The Balaban J connectivity index is 1.70. The zero-order valence-corrected chi connectivity index (χ0v) is 17.5. The van der Waals surface area contributed by atoms with Crippen molar-refractivity contribution >= 4 is 23.3 Å². The topological polar surface area (TPSA) is 65.9 Å². The minimum Gasteiger partial charge on any atom is -0.444 e. The molecule has 2 aliphatic rings. The molecule has 0 aliphatic carbocycles. The third-order valence-corrected chi connectivity index (χ3v) is 5.84. The Bertz CT molecular complexity index is 752. The SMILES string of the molecule is Cc1ccc(C(=N)N2CC(F)(F)OC3(CCN(C(=O)OC(C)(C)C)CC3)C2)s1. The summed E-state index contributed by atoms with van der Waals surface area (Å²) in [5.74, 6) is 0.0926. The molecule has 1 aromatic heterocycles. The lowest BCUT2D eigenvalue weighted by atomic mass is 9.89. The number of amidine groups is 1. The van der Waals surface area contributed by atoms with E-state index in [1.807, 2.05) is 13.0 Å². The smallest absolute Gasteiger partial charge is 0.410 e. The van der Waals surface area contributed by atoms with Gasteiger partial charge in [0.25, 0.3) is 0 Å². The second kappa shape index (κ2) is 7.26. The minimum absolute atomic E-state index is 0.0926. The molecular formula is C19H27F2N3O3S. The maximum Gasteiger partial charge on any atom is 0.410 e. The van der Waals surface area contributed by atoms with E-state index in [2.05, 4.69) is 0 Å². The van der Waals surface area contributed by atoms with Gasteiger partial charge in [-0.3, -0.25) is 5.41 Å². The first-order chi connectivity index (χ1) is 12.9. The molecule has 0 unspecified atom stereocenters. The lowest BCUT2D eigenvalue weighted by Crippen LogP contribution is -2.63. The number of aryl methyl sites for hydroxylation is 1. The molecule has 0 saturated carbocycles. The first-order valence-corrected chi connectivity index (χ1v) is 10.2. The molecule has 2 saturated heterocycles. The predicted octanol–water partition coefficient (Wildman–Crippen LogP) is 4.08. The van der Waals surface area contributed by atoms with E-state index in [-0.39, 0.29) is 38.3 Å². The predicted molar refractivity (Wildman–Crippen MR) is 103 cm³/mol. The highest BCUT2D eigenvalue weighted by Crippen LogP contribution is 2.39. The Labute approximate surface area is 167 Å². The lowest BCUT2D eigenvalue weighted by Gasteiger charge is -2.49. The molecule has 1 spiro atoms. The molecule has 6 nitrogen and oxygen atoms in total. The second-order valence-electron chi connectivity index (χ2n) is 8.50. The summed E-state index contributed by atoms with van der Waals surface area (Å²) < 4.78 is 39.3. The van der Waals surface area contributed by atoms with E-state index in [9.17, 15) is 13.6 Å². The Morgan fingerprint density at radius 3 is 2.39 bits per heavy atom. The number of thiophene rings is 1. The van der Waals surface area contributed by atoms with Gasteiger partial charge in [0, 0.05) is 24.5 Å². The zero-order chi connectivity index (χ0) is 20.7. The van der Waals surface area contributed by atoms with Crippen LogP contribution in [0.4, 0.5) is 13.6 Å². The average Bonchev–Trinajstić information content (AvgIpc) is 2.98. The number of nitrogens with one attached hydrogen (secondary N) is 1. The van der Waals surface area contributed by atoms with Gasteiger partial charge in [-0.25, -0.2) is 4.79 Å². The molecule has 2 aliphatic heterocycles. The summed E-state index contributed by atoms with van der Waals surface area (Å²) in [5, 5.41) is 8.39. The molecular weight excluding hydrogens is 388 g/mol. The number of hydrogen-bond acceptors (Lipinski definition) is 5. The maximum atomic E-state index is 14.4. The van der Waals surface area contributed by atoms with E-state index in [1.165, 1.54) is 21.1 Å². The number of likely N-dealkylation sites (tertiary alicyclic amines) is 1. The van der Waals surface area contributed by atoms with E-state index in [0.29, 0.717) is 4.88 Å². The van der Waals surface area contributed by atoms with Gasteiger partial charge in [-0.15, -0.1) is 11.3 Å². The number of hydrogen-bond donors (Lipinski definition) is 1. The Morgan fingerprint density at radius 2 is 1.86 bits per heavy atom. The molecule has 156 valence electrons. The van der Waals surface area contributed by atoms with Crippen molar-refractivity contribution in [2.45, 2.75) is 57.8 Å². The first kappa shape index (κ1) is 21.0. The fourth-order valence-electron chi connectivity index (χ4n) is 3.57. The summed E-state index contributed by atoms with van der Waals surface area (Å²) in [6.45, 7) is 7.42. The van der Waals surface area contributed by atoms with Gasteiger partial charge in [0.2, 0.25) is 0 Å². The summed E-state index contributed by atoms with van der Waals surface area (Å²) >= 11 is 1.41. The third kappa shape index (κ3) is 4.81. The van der Waals surface area contributed by atoms with Crippen molar-refractivity contribution in [2.75, 3.05) is 26.2 Å². The quantitative estimate of drug-likeness (QED) is 0.555. The molecule has 1 N–H and O–H groups in total. The number of carbonyl (C=O) groups excluding carboxylic acids is 1. The van der Waals surface area contributed by atoms with Crippen molar-refractivity contribution in [1.29, 1.82) is 5.41 Å². The van der Waals surface area contributed by atoms with E-state index >= 15 is 0 Å². The van der Waals surface area contributed by atoms with Crippen molar-refractivity contribution in [2.24, 2.45) is 0 Å². The second-order valence-corrected chi connectivity index (χ2v) is 9.79. The normalized spacial score (nSPS) is 21.6.